The van der Waals surface area contributed by atoms with Crippen molar-refractivity contribution in [3.8, 4) is 0 Å². The molecule has 1 heterocycles. The van der Waals surface area contributed by atoms with Gasteiger partial charge < -0.3 is 10.6 Å². The second kappa shape index (κ2) is 5.77. The first-order valence-corrected chi connectivity index (χ1v) is 9.19. The summed E-state index contributed by atoms with van der Waals surface area (Å²) in [4.78, 5) is 12.0. The van der Waals surface area contributed by atoms with Gasteiger partial charge >= 0.3 is 0 Å². The van der Waals surface area contributed by atoms with Crippen molar-refractivity contribution in [2.75, 3.05) is 23.4 Å². The lowest BCUT2D eigenvalue weighted by atomic mass is 10.1. The fraction of sp³-hybridized carbons (Fsp3) is 0.533. The van der Waals surface area contributed by atoms with Crippen LogP contribution in [0, 0.1) is 0 Å². The second-order valence-electron chi connectivity index (χ2n) is 5.85. The Morgan fingerprint density at radius 2 is 2.10 bits per heavy atom. The van der Waals surface area contributed by atoms with E-state index in [0.29, 0.717) is 6.54 Å². The summed E-state index contributed by atoms with van der Waals surface area (Å²) >= 11 is 0. The van der Waals surface area contributed by atoms with Crippen LogP contribution in [0.2, 0.25) is 0 Å². The van der Waals surface area contributed by atoms with E-state index in [1.54, 1.807) is 0 Å². The van der Waals surface area contributed by atoms with Crippen molar-refractivity contribution < 1.29 is 13.2 Å². The molecule has 1 unspecified atom stereocenters. The molecular formula is C15H20N2O3S. The molecule has 0 radical (unpaired) electrons. The van der Waals surface area contributed by atoms with Crippen LogP contribution >= 0.6 is 0 Å². The summed E-state index contributed by atoms with van der Waals surface area (Å²) in [6.45, 7) is 0.430. The Morgan fingerprint density at radius 1 is 1.29 bits per heavy atom. The molecule has 6 heteroatoms. The quantitative estimate of drug-likeness (QED) is 0.869. The van der Waals surface area contributed by atoms with E-state index in [0.717, 1.165) is 18.5 Å². The molecule has 1 amide bonds. The molecule has 0 spiro atoms. The Hall–Kier alpha value is -1.40. The van der Waals surface area contributed by atoms with Crippen molar-refractivity contribution in [1.29, 1.82) is 0 Å². The monoisotopic (exact) mass is 308 g/mol. The number of carbonyl (C=O) groups excluding carboxylic acids is 1. The predicted molar refractivity (Wildman–Crippen MR) is 82.2 cm³/mol. The molecular weight excluding hydrogens is 288 g/mol. The molecule has 1 aliphatic carbocycles. The minimum atomic E-state index is -3.00. The average Bonchev–Trinajstić information content (AvgIpc) is 2.84. The molecule has 1 aliphatic heterocycles. The maximum absolute atomic E-state index is 12.0. The van der Waals surface area contributed by atoms with Crippen molar-refractivity contribution in [2.45, 2.75) is 31.7 Å². The highest BCUT2D eigenvalue weighted by molar-refractivity contribution is 7.91. The minimum absolute atomic E-state index is 0.0462. The largest absolute Gasteiger partial charge is 0.326 e. The number of fused-ring (bicyclic) bond motifs is 1. The van der Waals surface area contributed by atoms with E-state index < -0.39 is 9.84 Å². The zero-order valence-electron chi connectivity index (χ0n) is 11.9. The van der Waals surface area contributed by atoms with Crippen molar-refractivity contribution in [3.63, 3.8) is 0 Å². The molecule has 1 aromatic carbocycles. The van der Waals surface area contributed by atoms with Crippen molar-refractivity contribution >= 4 is 21.4 Å². The number of nitrogens with one attached hydrogen (secondary N) is 2. The van der Waals surface area contributed by atoms with Crippen LogP contribution < -0.4 is 10.6 Å². The van der Waals surface area contributed by atoms with Gasteiger partial charge in [0.05, 0.1) is 11.5 Å². The van der Waals surface area contributed by atoms with Crippen LogP contribution in [0.1, 0.15) is 24.0 Å². The van der Waals surface area contributed by atoms with Crippen LogP contribution in [-0.4, -0.2) is 38.4 Å². The number of benzene rings is 1. The summed E-state index contributed by atoms with van der Waals surface area (Å²) in [5, 5.41) is 5.97. The van der Waals surface area contributed by atoms with E-state index in [2.05, 4.69) is 16.7 Å². The highest BCUT2D eigenvalue weighted by Crippen LogP contribution is 2.25. The predicted octanol–water partition coefficient (Wildman–Crippen LogP) is 0.891. The number of hydrogen-bond donors (Lipinski definition) is 2. The molecule has 5 nitrogen and oxygen atoms in total. The number of carbonyl (C=O) groups is 1. The van der Waals surface area contributed by atoms with Gasteiger partial charge in [0.1, 0.15) is 0 Å². The van der Waals surface area contributed by atoms with E-state index >= 15 is 0 Å². The number of sulfone groups is 1. The van der Waals surface area contributed by atoms with Gasteiger partial charge in [0, 0.05) is 24.7 Å². The molecule has 1 aromatic rings. The molecule has 2 N–H and O–H groups in total. The Kier molecular flexibility index (Phi) is 3.99. The average molecular weight is 308 g/mol. The maximum Gasteiger partial charge on any atom is 0.225 e. The highest BCUT2D eigenvalue weighted by Gasteiger charge is 2.26. The molecule has 1 saturated heterocycles. The summed E-state index contributed by atoms with van der Waals surface area (Å²) in [6, 6.07) is 5.75. The third kappa shape index (κ3) is 3.63. The fourth-order valence-corrected chi connectivity index (χ4v) is 4.53. The summed E-state index contributed by atoms with van der Waals surface area (Å²) < 4.78 is 23.1. The van der Waals surface area contributed by atoms with E-state index in [1.165, 1.54) is 17.5 Å². The Morgan fingerprint density at radius 3 is 2.90 bits per heavy atom. The van der Waals surface area contributed by atoms with E-state index in [9.17, 15) is 13.2 Å². The van der Waals surface area contributed by atoms with E-state index in [4.69, 9.17) is 0 Å². The molecule has 21 heavy (non-hydrogen) atoms. The smallest absolute Gasteiger partial charge is 0.225 e. The minimum Gasteiger partial charge on any atom is -0.326 e. The summed E-state index contributed by atoms with van der Waals surface area (Å²) in [7, 11) is -3.00. The highest BCUT2D eigenvalue weighted by atomic mass is 32.2. The lowest BCUT2D eigenvalue weighted by Crippen LogP contribution is -2.46. The lowest BCUT2D eigenvalue weighted by Gasteiger charge is -2.23. The lowest BCUT2D eigenvalue weighted by molar-refractivity contribution is -0.116. The number of hydrogen-bond acceptors (Lipinski definition) is 4. The Labute approximate surface area is 125 Å². The van der Waals surface area contributed by atoms with Crippen LogP contribution in [0.4, 0.5) is 5.69 Å². The van der Waals surface area contributed by atoms with Crippen LogP contribution in [0.25, 0.3) is 0 Å². The Bertz CT molecular complexity index is 655. The molecule has 0 saturated carbocycles. The topological polar surface area (TPSA) is 75.3 Å². The fourth-order valence-electron chi connectivity index (χ4n) is 3.08. The van der Waals surface area contributed by atoms with Crippen molar-refractivity contribution in [2.24, 2.45) is 0 Å². The molecule has 2 aliphatic rings. The summed E-state index contributed by atoms with van der Waals surface area (Å²) in [5.41, 5.74) is 3.48. The Balaban J connectivity index is 1.59. The molecule has 3 rings (SSSR count). The molecule has 1 fully saturated rings. The standard InChI is InChI=1S/C15H20N2O3S/c18-15(9-14-10-21(19,20)7-6-16-14)17-13-5-4-11-2-1-3-12(11)8-13/h4-5,8,14,16H,1-3,6-7,9-10H2,(H,17,18). The molecule has 1 atom stereocenters. The normalized spacial score (nSPS) is 23.5. The van der Waals surface area contributed by atoms with Gasteiger partial charge in [-0.3, -0.25) is 4.79 Å². The van der Waals surface area contributed by atoms with Crippen LogP contribution in [0.3, 0.4) is 0 Å². The van der Waals surface area contributed by atoms with Gasteiger partial charge in [0.2, 0.25) is 5.91 Å². The van der Waals surface area contributed by atoms with Crippen LogP contribution in [-0.2, 0) is 27.5 Å². The first-order valence-electron chi connectivity index (χ1n) is 7.37. The van der Waals surface area contributed by atoms with Gasteiger partial charge in [0.25, 0.3) is 0 Å². The molecule has 0 bridgehead atoms. The maximum atomic E-state index is 12.0. The van der Waals surface area contributed by atoms with Gasteiger partial charge in [-0.15, -0.1) is 0 Å². The van der Waals surface area contributed by atoms with Gasteiger partial charge in [-0.05, 0) is 42.5 Å². The summed E-state index contributed by atoms with van der Waals surface area (Å²) in [5.74, 6) is 0.0723. The van der Waals surface area contributed by atoms with Gasteiger partial charge in [-0.1, -0.05) is 6.07 Å². The van der Waals surface area contributed by atoms with E-state index in [1.807, 2.05) is 12.1 Å². The van der Waals surface area contributed by atoms with Gasteiger partial charge in [-0.2, -0.15) is 0 Å². The zero-order chi connectivity index (χ0) is 14.9. The third-order valence-corrected chi connectivity index (χ3v) is 5.85. The van der Waals surface area contributed by atoms with Crippen LogP contribution in [0.5, 0.6) is 0 Å². The first-order chi connectivity index (χ1) is 10.0. The van der Waals surface area contributed by atoms with E-state index in [-0.39, 0.29) is 29.9 Å². The van der Waals surface area contributed by atoms with Gasteiger partial charge in [-0.25, -0.2) is 8.42 Å². The van der Waals surface area contributed by atoms with Crippen molar-refractivity contribution in [3.05, 3.63) is 29.3 Å². The first kappa shape index (κ1) is 14.5. The third-order valence-electron chi connectivity index (χ3n) is 4.12. The zero-order valence-corrected chi connectivity index (χ0v) is 12.7. The number of rotatable bonds is 3. The van der Waals surface area contributed by atoms with Gasteiger partial charge in [0.15, 0.2) is 9.84 Å². The number of anilines is 1. The molecule has 114 valence electrons. The number of aryl methyl sites for hydroxylation is 2. The van der Waals surface area contributed by atoms with Crippen molar-refractivity contribution in [1.82, 2.24) is 5.32 Å². The molecule has 0 aromatic heterocycles. The van der Waals surface area contributed by atoms with Crippen LogP contribution in [0.15, 0.2) is 18.2 Å². The second-order valence-corrected chi connectivity index (χ2v) is 8.08. The summed E-state index contributed by atoms with van der Waals surface area (Å²) in [6.07, 6.45) is 3.56. The SMILES string of the molecule is O=C(CC1CS(=O)(=O)CCN1)Nc1ccc2c(c1)CCC2. The number of amides is 1.